The number of halogens is 2. The summed E-state index contributed by atoms with van der Waals surface area (Å²) in [5.41, 5.74) is 0.678. The maximum Gasteiger partial charge on any atom is 0.274 e. The standard InChI is InChI=1S/C19H20FIN2O3/c1-3-6-22-7-4-5-16(19(22)25)23-11-12(8-17(23)24)18-14(20)9-13(26-2)10-15(18)21/h4-5,7,9-10,12H,3,6,8,11H2,1-2H3/t12-/m0/s1. The number of amides is 1. The summed E-state index contributed by atoms with van der Waals surface area (Å²) in [6.07, 6.45) is 2.73. The highest BCUT2D eigenvalue weighted by atomic mass is 127. The molecule has 0 bridgehead atoms. The molecule has 7 heteroatoms. The highest BCUT2D eigenvalue weighted by Crippen LogP contribution is 2.36. The molecule has 0 spiro atoms. The molecule has 26 heavy (non-hydrogen) atoms. The van der Waals surface area contributed by atoms with Crippen LogP contribution >= 0.6 is 22.6 Å². The number of rotatable bonds is 5. The maximum atomic E-state index is 14.6. The minimum atomic E-state index is -0.384. The van der Waals surface area contributed by atoms with Crippen LogP contribution in [0.4, 0.5) is 10.1 Å². The molecule has 1 fully saturated rings. The van der Waals surface area contributed by atoms with Crippen LogP contribution in [0.25, 0.3) is 0 Å². The van der Waals surface area contributed by atoms with E-state index in [-0.39, 0.29) is 29.6 Å². The number of nitrogens with zero attached hydrogens (tertiary/aromatic N) is 2. The molecule has 1 amide bonds. The van der Waals surface area contributed by atoms with Crippen molar-refractivity contribution in [3.8, 4) is 5.75 Å². The van der Waals surface area contributed by atoms with Crippen molar-refractivity contribution >= 4 is 34.2 Å². The molecular formula is C19H20FIN2O3. The van der Waals surface area contributed by atoms with Crippen LogP contribution in [0.15, 0.2) is 35.3 Å². The molecule has 5 nitrogen and oxygen atoms in total. The van der Waals surface area contributed by atoms with Gasteiger partial charge in [0.15, 0.2) is 0 Å². The predicted molar refractivity (Wildman–Crippen MR) is 106 cm³/mol. The van der Waals surface area contributed by atoms with Crippen molar-refractivity contribution in [2.45, 2.75) is 32.2 Å². The summed E-state index contributed by atoms with van der Waals surface area (Å²) >= 11 is 2.06. The van der Waals surface area contributed by atoms with E-state index < -0.39 is 0 Å². The number of carbonyl (C=O) groups is 1. The Hall–Kier alpha value is -1.90. The fraction of sp³-hybridized carbons (Fsp3) is 0.368. The van der Waals surface area contributed by atoms with Gasteiger partial charge in [-0.3, -0.25) is 9.59 Å². The molecule has 1 aromatic carbocycles. The Bertz CT molecular complexity index is 874. The molecule has 138 valence electrons. The topological polar surface area (TPSA) is 51.5 Å². The van der Waals surface area contributed by atoms with E-state index in [0.29, 0.717) is 30.1 Å². The quantitative estimate of drug-likeness (QED) is 0.629. The number of hydrogen-bond acceptors (Lipinski definition) is 3. The van der Waals surface area contributed by atoms with Gasteiger partial charge in [0.25, 0.3) is 5.56 Å². The fourth-order valence-corrected chi connectivity index (χ4v) is 4.35. The fourth-order valence-electron chi connectivity index (χ4n) is 3.35. The molecule has 2 aromatic rings. The van der Waals surface area contributed by atoms with Gasteiger partial charge in [-0.05, 0) is 47.2 Å². The zero-order valence-electron chi connectivity index (χ0n) is 14.7. The summed E-state index contributed by atoms with van der Waals surface area (Å²) in [6.45, 7) is 2.89. The normalized spacial score (nSPS) is 17.0. The third kappa shape index (κ3) is 3.49. The first kappa shape index (κ1) is 18.9. The number of carbonyl (C=O) groups excluding carboxylic acids is 1. The number of pyridine rings is 1. The van der Waals surface area contributed by atoms with Gasteiger partial charge in [0.05, 0.1) is 7.11 Å². The molecule has 1 aliphatic rings. The first-order chi connectivity index (χ1) is 12.5. The van der Waals surface area contributed by atoms with E-state index in [0.717, 1.165) is 9.99 Å². The molecule has 0 radical (unpaired) electrons. The van der Waals surface area contributed by atoms with E-state index in [9.17, 15) is 14.0 Å². The molecule has 0 aliphatic carbocycles. The Morgan fingerprint density at radius 3 is 2.77 bits per heavy atom. The smallest absolute Gasteiger partial charge is 0.274 e. The van der Waals surface area contributed by atoms with Gasteiger partial charge in [-0.25, -0.2) is 4.39 Å². The Balaban J connectivity index is 1.93. The Labute approximate surface area is 164 Å². The van der Waals surface area contributed by atoms with Gasteiger partial charge in [0.2, 0.25) is 5.91 Å². The van der Waals surface area contributed by atoms with Gasteiger partial charge >= 0.3 is 0 Å². The first-order valence-electron chi connectivity index (χ1n) is 8.49. The van der Waals surface area contributed by atoms with Crippen LogP contribution < -0.4 is 15.2 Å². The van der Waals surface area contributed by atoms with Crippen molar-refractivity contribution in [3.05, 3.63) is 55.8 Å². The van der Waals surface area contributed by atoms with Crippen molar-refractivity contribution in [2.75, 3.05) is 18.6 Å². The molecule has 2 heterocycles. The second kappa shape index (κ2) is 7.77. The second-order valence-corrected chi connectivity index (χ2v) is 7.46. The lowest BCUT2D eigenvalue weighted by Crippen LogP contribution is -2.33. The predicted octanol–water partition coefficient (Wildman–Crippen LogP) is 3.53. The largest absolute Gasteiger partial charge is 0.497 e. The average Bonchev–Trinajstić information content (AvgIpc) is 2.97. The van der Waals surface area contributed by atoms with Crippen molar-refractivity contribution in [1.82, 2.24) is 4.57 Å². The monoisotopic (exact) mass is 470 g/mol. The Kier molecular flexibility index (Phi) is 5.64. The third-order valence-corrected chi connectivity index (χ3v) is 5.47. The first-order valence-corrected chi connectivity index (χ1v) is 9.56. The number of aryl methyl sites for hydroxylation is 1. The lowest BCUT2D eigenvalue weighted by Gasteiger charge is -2.18. The number of hydrogen-bond donors (Lipinski definition) is 0. The number of ether oxygens (including phenoxy) is 1. The second-order valence-electron chi connectivity index (χ2n) is 6.30. The van der Waals surface area contributed by atoms with E-state index in [1.165, 1.54) is 18.1 Å². The van der Waals surface area contributed by atoms with Crippen LogP contribution in [0.3, 0.4) is 0 Å². The number of anilines is 1. The van der Waals surface area contributed by atoms with Crippen LogP contribution in [0, 0.1) is 9.39 Å². The van der Waals surface area contributed by atoms with Crippen LogP contribution in [-0.4, -0.2) is 24.1 Å². The summed E-state index contributed by atoms with van der Waals surface area (Å²) in [4.78, 5) is 26.7. The van der Waals surface area contributed by atoms with Crippen LogP contribution in [0.1, 0.15) is 31.2 Å². The molecule has 1 saturated heterocycles. The van der Waals surface area contributed by atoms with Gasteiger partial charge < -0.3 is 14.2 Å². The molecule has 0 saturated carbocycles. The third-order valence-electron chi connectivity index (χ3n) is 4.58. The van der Waals surface area contributed by atoms with Crippen molar-refractivity contribution < 1.29 is 13.9 Å². The van der Waals surface area contributed by atoms with Crippen LogP contribution in [-0.2, 0) is 11.3 Å². The highest BCUT2D eigenvalue weighted by molar-refractivity contribution is 14.1. The van der Waals surface area contributed by atoms with Gasteiger partial charge in [-0.1, -0.05) is 6.92 Å². The van der Waals surface area contributed by atoms with E-state index in [4.69, 9.17) is 4.74 Å². The van der Waals surface area contributed by atoms with E-state index in [1.807, 2.05) is 6.92 Å². The van der Waals surface area contributed by atoms with Gasteiger partial charge in [0.1, 0.15) is 17.3 Å². The lowest BCUT2D eigenvalue weighted by molar-refractivity contribution is -0.117. The molecule has 1 atom stereocenters. The van der Waals surface area contributed by atoms with Crippen molar-refractivity contribution in [2.24, 2.45) is 0 Å². The minimum absolute atomic E-state index is 0.160. The zero-order chi connectivity index (χ0) is 18.8. The highest BCUT2D eigenvalue weighted by Gasteiger charge is 2.35. The molecule has 3 rings (SSSR count). The molecule has 1 aliphatic heterocycles. The van der Waals surface area contributed by atoms with Crippen molar-refractivity contribution in [3.63, 3.8) is 0 Å². The van der Waals surface area contributed by atoms with E-state index in [1.54, 1.807) is 29.0 Å². The van der Waals surface area contributed by atoms with E-state index in [2.05, 4.69) is 22.6 Å². The minimum Gasteiger partial charge on any atom is -0.497 e. The molecule has 0 N–H and O–H groups in total. The lowest BCUT2D eigenvalue weighted by atomic mass is 9.97. The molecule has 1 aromatic heterocycles. The van der Waals surface area contributed by atoms with Crippen LogP contribution in [0.2, 0.25) is 0 Å². The maximum absolute atomic E-state index is 14.6. The molecular weight excluding hydrogens is 450 g/mol. The zero-order valence-corrected chi connectivity index (χ0v) is 16.8. The van der Waals surface area contributed by atoms with Gasteiger partial charge in [-0.15, -0.1) is 0 Å². The summed E-state index contributed by atoms with van der Waals surface area (Å²) in [7, 11) is 1.49. The molecule has 0 unspecified atom stereocenters. The van der Waals surface area contributed by atoms with Crippen LogP contribution in [0.5, 0.6) is 5.75 Å². The number of aromatic nitrogens is 1. The number of methoxy groups -OCH3 is 1. The van der Waals surface area contributed by atoms with Gasteiger partial charge in [0, 0.05) is 46.8 Å². The van der Waals surface area contributed by atoms with E-state index >= 15 is 0 Å². The number of benzene rings is 1. The average molecular weight is 470 g/mol. The SMILES string of the molecule is CCCn1cccc(N2C[C@@H](c3c(F)cc(OC)cc3I)CC2=O)c1=O. The summed E-state index contributed by atoms with van der Waals surface area (Å²) < 4.78 is 22.0. The van der Waals surface area contributed by atoms with Crippen molar-refractivity contribution in [1.29, 1.82) is 0 Å². The summed E-state index contributed by atoms with van der Waals surface area (Å²) in [5, 5.41) is 0. The Morgan fingerprint density at radius 2 is 2.12 bits per heavy atom. The Morgan fingerprint density at radius 1 is 1.35 bits per heavy atom. The van der Waals surface area contributed by atoms with Gasteiger partial charge in [-0.2, -0.15) is 0 Å². The summed E-state index contributed by atoms with van der Waals surface area (Å²) in [5.74, 6) is -0.390. The summed E-state index contributed by atoms with van der Waals surface area (Å²) in [6, 6.07) is 6.51.